The number of hydrogen-bond donors (Lipinski definition) is 0. The molecule has 0 bridgehead atoms. The topological polar surface area (TPSA) is 54.0 Å². The summed E-state index contributed by atoms with van der Waals surface area (Å²) < 4.78 is 42.9. The van der Waals surface area contributed by atoms with Gasteiger partial charge in [-0.3, -0.25) is 0 Å². The van der Waals surface area contributed by atoms with E-state index in [4.69, 9.17) is 18.6 Å². The van der Waals surface area contributed by atoms with Crippen LogP contribution in [-0.4, -0.2) is 48.9 Å². The highest BCUT2D eigenvalue weighted by molar-refractivity contribution is 14.1. The quantitative estimate of drug-likeness (QED) is 0.0815. The second-order valence-electron chi connectivity index (χ2n) is 13.2. The summed E-state index contributed by atoms with van der Waals surface area (Å²) in [6, 6.07) is 29.4. The molecule has 1 aliphatic heterocycles. The van der Waals surface area contributed by atoms with Crippen molar-refractivity contribution in [1.29, 1.82) is 0 Å². The Labute approximate surface area is 282 Å². The van der Waals surface area contributed by atoms with E-state index in [1.54, 1.807) is 38.1 Å². The highest BCUT2D eigenvalue weighted by atomic mass is 127. The van der Waals surface area contributed by atoms with Crippen LogP contribution in [0, 0.1) is 5.92 Å². The normalized spacial score (nSPS) is 20.8. The standard InChI is InChI=1S/C37H46FIO5Si/c1-26(27(2)44-45(36(3,4)5,29-19-13-9-14-20-29)30-21-15-10-16-22-30)25-31(38)33(41-35(40)28-17-11-8-12-18-28)34-32(23-24-39)42-37(6,7)43-34/h8-22,25-27,32-34H,23-24H2,1-7H3/b31-25+/t26-,27-,32+,33?,34?/m1/s1. The van der Waals surface area contributed by atoms with Crippen LogP contribution in [-0.2, 0) is 18.6 Å². The van der Waals surface area contributed by atoms with Crippen molar-refractivity contribution in [2.45, 2.75) is 90.1 Å². The van der Waals surface area contributed by atoms with Gasteiger partial charge in [0.05, 0.1) is 11.7 Å². The molecule has 0 amide bonds. The number of halogens is 2. The summed E-state index contributed by atoms with van der Waals surface area (Å²) in [5.41, 5.74) is 0.343. The van der Waals surface area contributed by atoms with Crippen LogP contribution in [0.5, 0.6) is 0 Å². The van der Waals surface area contributed by atoms with E-state index >= 15 is 4.39 Å². The lowest BCUT2D eigenvalue weighted by Gasteiger charge is -2.45. The SMILES string of the molecule is C[C@H](/C=C(/F)C(OC(=O)c1ccccc1)C1OC(C)(C)O[C@H]1CCI)[C@@H](C)O[Si](c1ccccc1)(c1ccccc1)C(C)(C)C. The maximum absolute atomic E-state index is 16.6. The van der Waals surface area contributed by atoms with E-state index in [0.717, 1.165) is 14.8 Å². The van der Waals surface area contributed by atoms with Gasteiger partial charge in [0.25, 0.3) is 8.32 Å². The van der Waals surface area contributed by atoms with E-state index in [2.05, 4.69) is 67.6 Å². The second-order valence-corrected chi connectivity index (χ2v) is 18.5. The molecule has 0 spiro atoms. The Balaban J connectivity index is 1.70. The van der Waals surface area contributed by atoms with Gasteiger partial charge < -0.3 is 18.6 Å². The average molecular weight is 745 g/mol. The van der Waals surface area contributed by atoms with E-state index in [1.807, 2.05) is 56.3 Å². The van der Waals surface area contributed by atoms with Crippen molar-refractivity contribution in [2.75, 3.05) is 4.43 Å². The molecular formula is C37H46FIO5Si. The van der Waals surface area contributed by atoms with Crippen LogP contribution < -0.4 is 10.4 Å². The maximum Gasteiger partial charge on any atom is 0.338 e. The summed E-state index contributed by atoms with van der Waals surface area (Å²) >= 11 is 2.27. The number of ether oxygens (including phenoxy) is 3. The third-order valence-corrected chi connectivity index (χ3v) is 14.1. The van der Waals surface area contributed by atoms with Crippen LogP contribution >= 0.6 is 22.6 Å². The molecule has 0 aromatic heterocycles. The molecule has 1 fully saturated rings. The summed E-state index contributed by atoms with van der Waals surface area (Å²) in [6.45, 7) is 14.2. The van der Waals surface area contributed by atoms with Crippen LogP contribution in [0.3, 0.4) is 0 Å². The van der Waals surface area contributed by atoms with Gasteiger partial charge in [0, 0.05) is 16.4 Å². The van der Waals surface area contributed by atoms with Crippen LogP contribution in [0.1, 0.15) is 65.2 Å². The van der Waals surface area contributed by atoms with Gasteiger partial charge in [-0.15, -0.1) is 0 Å². The lowest BCUT2D eigenvalue weighted by molar-refractivity contribution is -0.154. The number of carbonyl (C=O) groups excluding carboxylic acids is 1. The van der Waals surface area contributed by atoms with Crippen LogP contribution in [0.4, 0.5) is 4.39 Å². The lowest BCUT2D eigenvalue weighted by atomic mass is 10.00. The largest absolute Gasteiger partial charge is 0.449 e. The van der Waals surface area contributed by atoms with Gasteiger partial charge >= 0.3 is 5.97 Å². The number of carbonyl (C=O) groups is 1. The summed E-state index contributed by atoms with van der Waals surface area (Å²) in [7, 11) is -2.87. The molecule has 45 heavy (non-hydrogen) atoms. The van der Waals surface area contributed by atoms with Crippen molar-refractivity contribution in [3.05, 3.63) is 108 Å². The number of rotatable bonds is 12. The zero-order valence-corrected chi connectivity index (χ0v) is 30.5. The van der Waals surface area contributed by atoms with Crippen molar-refractivity contribution >= 4 is 47.3 Å². The minimum absolute atomic E-state index is 0.229. The molecule has 4 rings (SSSR count). The zero-order valence-electron chi connectivity index (χ0n) is 27.3. The molecule has 5 nitrogen and oxygen atoms in total. The van der Waals surface area contributed by atoms with E-state index in [0.29, 0.717) is 12.0 Å². The second kappa shape index (κ2) is 15.0. The monoisotopic (exact) mass is 744 g/mol. The number of alkyl halides is 1. The molecule has 1 saturated heterocycles. The molecule has 242 valence electrons. The van der Waals surface area contributed by atoms with E-state index in [-0.39, 0.29) is 17.1 Å². The fraction of sp³-hybridized carbons (Fsp3) is 0.432. The van der Waals surface area contributed by atoms with Gasteiger partial charge in [-0.2, -0.15) is 0 Å². The van der Waals surface area contributed by atoms with Gasteiger partial charge in [0.1, 0.15) is 11.9 Å². The highest BCUT2D eigenvalue weighted by Gasteiger charge is 2.52. The lowest BCUT2D eigenvalue weighted by Crippen LogP contribution is -2.67. The minimum atomic E-state index is -2.87. The molecule has 5 atom stereocenters. The van der Waals surface area contributed by atoms with Gasteiger partial charge in [-0.1, -0.05) is 129 Å². The minimum Gasteiger partial charge on any atom is -0.449 e. The Morgan fingerprint density at radius 3 is 1.93 bits per heavy atom. The van der Waals surface area contributed by atoms with Crippen molar-refractivity contribution in [1.82, 2.24) is 0 Å². The fourth-order valence-corrected chi connectivity index (χ4v) is 11.4. The van der Waals surface area contributed by atoms with Gasteiger partial charge in [0.15, 0.2) is 11.9 Å². The summed E-state index contributed by atoms with van der Waals surface area (Å²) in [5, 5.41) is 2.08. The third-order valence-electron chi connectivity index (χ3n) is 8.37. The van der Waals surface area contributed by atoms with Crippen molar-refractivity contribution in [3.63, 3.8) is 0 Å². The predicted molar refractivity (Wildman–Crippen MR) is 189 cm³/mol. The Morgan fingerprint density at radius 2 is 1.44 bits per heavy atom. The molecule has 0 aliphatic carbocycles. The third kappa shape index (κ3) is 8.32. The van der Waals surface area contributed by atoms with E-state index < -0.39 is 44.2 Å². The Kier molecular flexibility index (Phi) is 11.8. The molecule has 1 aliphatic rings. The molecule has 8 heteroatoms. The Morgan fingerprint density at radius 1 is 0.933 bits per heavy atom. The molecule has 3 aromatic rings. The van der Waals surface area contributed by atoms with Crippen LogP contribution in [0.15, 0.2) is 103 Å². The first-order valence-corrected chi connectivity index (χ1v) is 19.1. The smallest absolute Gasteiger partial charge is 0.338 e. The van der Waals surface area contributed by atoms with E-state index in [1.165, 1.54) is 6.08 Å². The maximum atomic E-state index is 16.6. The Hall–Kier alpha value is -2.37. The molecule has 2 unspecified atom stereocenters. The van der Waals surface area contributed by atoms with Crippen molar-refractivity contribution < 1.29 is 27.8 Å². The number of hydrogen-bond acceptors (Lipinski definition) is 5. The molecule has 1 heterocycles. The average Bonchev–Trinajstić information content (AvgIpc) is 3.32. The first-order valence-electron chi connectivity index (χ1n) is 15.6. The molecular weight excluding hydrogens is 698 g/mol. The van der Waals surface area contributed by atoms with Crippen molar-refractivity contribution in [2.24, 2.45) is 5.92 Å². The molecule has 3 aromatic carbocycles. The summed E-state index contributed by atoms with van der Waals surface area (Å²) in [4.78, 5) is 13.2. The molecule has 0 N–H and O–H groups in total. The Bertz CT molecular complexity index is 1370. The first-order chi connectivity index (χ1) is 21.3. The highest BCUT2D eigenvalue weighted by Crippen LogP contribution is 2.39. The summed E-state index contributed by atoms with van der Waals surface area (Å²) in [6.07, 6.45) is -0.736. The zero-order chi connectivity index (χ0) is 32.8. The number of benzene rings is 3. The summed E-state index contributed by atoms with van der Waals surface area (Å²) in [5.74, 6) is -2.49. The number of esters is 1. The van der Waals surface area contributed by atoms with Crippen LogP contribution in [0.2, 0.25) is 5.04 Å². The van der Waals surface area contributed by atoms with Gasteiger partial charge in [-0.05, 0) is 60.8 Å². The van der Waals surface area contributed by atoms with Gasteiger partial charge in [-0.25, -0.2) is 9.18 Å². The molecule has 0 radical (unpaired) electrons. The first kappa shape index (κ1) is 35.5. The molecule has 0 saturated carbocycles. The van der Waals surface area contributed by atoms with Crippen LogP contribution in [0.25, 0.3) is 0 Å². The fourth-order valence-electron chi connectivity index (χ4n) is 6.05. The van der Waals surface area contributed by atoms with E-state index in [9.17, 15) is 4.79 Å². The predicted octanol–water partition coefficient (Wildman–Crippen LogP) is 8.01. The van der Waals surface area contributed by atoms with Crippen molar-refractivity contribution in [3.8, 4) is 0 Å². The van der Waals surface area contributed by atoms with Gasteiger partial charge in [0.2, 0.25) is 0 Å².